The van der Waals surface area contributed by atoms with Gasteiger partial charge in [-0.3, -0.25) is 0 Å². The molecule has 1 aromatic heterocycles. The number of anilines is 1. The molecule has 0 aliphatic carbocycles. The molecule has 0 atom stereocenters. The molecule has 88 valence electrons. The van der Waals surface area contributed by atoms with Crippen LogP contribution in [0.5, 0.6) is 5.75 Å². The van der Waals surface area contributed by atoms with Crippen LogP contribution in [0.15, 0.2) is 36.5 Å². The number of hydrogen-bond donors (Lipinski definition) is 1. The number of benzene rings is 1. The summed E-state index contributed by atoms with van der Waals surface area (Å²) in [5, 5.41) is 0.326. The van der Waals surface area contributed by atoms with Crippen LogP contribution in [0.3, 0.4) is 0 Å². The molecule has 0 aliphatic heterocycles. The van der Waals surface area contributed by atoms with Crippen molar-refractivity contribution in [1.82, 2.24) is 4.98 Å². The Balaban J connectivity index is 2.10. The molecule has 5 heteroatoms. The molecule has 0 fully saturated rings. The van der Waals surface area contributed by atoms with E-state index in [1.165, 1.54) is 12.1 Å². The molecule has 2 rings (SSSR count). The molecular formula is C12H10ClFN2O. The zero-order chi connectivity index (χ0) is 12.3. The molecular weight excluding hydrogens is 243 g/mol. The summed E-state index contributed by atoms with van der Waals surface area (Å²) in [5.41, 5.74) is 6.31. The lowest BCUT2D eigenvalue weighted by Crippen LogP contribution is -2.00. The predicted molar refractivity (Wildman–Crippen MR) is 64.4 cm³/mol. The van der Waals surface area contributed by atoms with Crippen LogP contribution in [0.25, 0.3) is 0 Å². The van der Waals surface area contributed by atoms with Gasteiger partial charge in [0.2, 0.25) is 0 Å². The molecule has 1 heterocycles. The fraction of sp³-hybridized carbons (Fsp3) is 0.0833. The number of hydrogen-bond acceptors (Lipinski definition) is 3. The summed E-state index contributed by atoms with van der Waals surface area (Å²) < 4.78 is 18.3. The molecule has 2 N–H and O–H groups in total. The van der Waals surface area contributed by atoms with Gasteiger partial charge in [-0.1, -0.05) is 17.7 Å². The van der Waals surface area contributed by atoms with E-state index in [1.54, 1.807) is 24.4 Å². The van der Waals surface area contributed by atoms with E-state index in [9.17, 15) is 4.39 Å². The van der Waals surface area contributed by atoms with Crippen LogP contribution in [0.2, 0.25) is 5.02 Å². The average Bonchev–Trinajstić information content (AvgIpc) is 2.30. The first kappa shape index (κ1) is 11.7. The Kier molecular flexibility index (Phi) is 3.44. The highest BCUT2D eigenvalue weighted by atomic mass is 35.5. The summed E-state index contributed by atoms with van der Waals surface area (Å²) in [6.45, 7) is 0.217. The molecule has 0 amide bonds. The van der Waals surface area contributed by atoms with Crippen molar-refractivity contribution < 1.29 is 9.13 Å². The third-order valence-electron chi connectivity index (χ3n) is 2.20. The van der Waals surface area contributed by atoms with E-state index in [0.29, 0.717) is 22.2 Å². The van der Waals surface area contributed by atoms with Gasteiger partial charge in [-0.15, -0.1) is 0 Å². The van der Waals surface area contributed by atoms with Crippen LogP contribution in [-0.2, 0) is 6.61 Å². The first-order chi connectivity index (χ1) is 8.16. The number of rotatable bonds is 3. The van der Waals surface area contributed by atoms with Crippen molar-refractivity contribution in [3.8, 4) is 5.75 Å². The number of nitrogens with zero attached hydrogens (tertiary/aromatic N) is 1. The highest BCUT2D eigenvalue weighted by Gasteiger charge is 2.05. The van der Waals surface area contributed by atoms with Crippen molar-refractivity contribution in [3.63, 3.8) is 0 Å². The Hall–Kier alpha value is -1.81. The van der Waals surface area contributed by atoms with Crippen LogP contribution < -0.4 is 10.5 Å². The molecule has 0 saturated heterocycles. The molecule has 0 unspecified atom stereocenters. The lowest BCUT2D eigenvalue weighted by atomic mass is 10.2. The van der Waals surface area contributed by atoms with Gasteiger partial charge in [-0.05, 0) is 24.3 Å². The number of pyridine rings is 1. The van der Waals surface area contributed by atoms with Gasteiger partial charge < -0.3 is 10.5 Å². The van der Waals surface area contributed by atoms with Gasteiger partial charge in [0.25, 0.3) is 0 Å². The minimum absolute atomic E-state index is 0.217. The van der Waals surface area contributed by atoms with Crippen LogP contribution in [0, 0.1) is 5.82 Å². The van der Waals surface area contributed by atoms with Crippen molar-refractivity contribution in [2.75, 3.05) is 5.73 Å². The first-order valence-electron chi connectivity index (χ1n) is 4.94. The Labute approximate surface area is 103 Å². The first-order valence-corrected chi connectivity index (χ1v) is 5.32. The second-order valence-corrected chi connectivity index (χ2v) is 3.82. The predicted octanol–water partition coefficient (Wildman–Crippen LogP) is 3.04. The van der Waals surface area contributed by atoms with Gasteiger partial charge in [-0.25, -0.2) is 9.37 Å². The maximum atomic E-state index is 12.8. The van der Waals surface area contributed by atoms with E-state index in [4.69, 9.17) is 22.1 Å². The lowest BCUT2D eigenvalue weighted by molar-refractivity contribution is 0.307. The van der Waals surface area contributed by atoms with Crippen molar-refractivity contribution >= 4 is 17.4 Å². The quantitative estimate of drug-likeness (QED) is 0.913. The van der Waals surface area contributed by atoms with Gasteiger partial charge in [-0.2, -0.15) is 0 Å². The zero-order valence-electron chi connectivity index (χ0n) is 8.86. The van der Waals surface area contributed by atoms with Crippen LogP contribution in [-0.4, -0.2) is 4.98 Å². The summed E-state index contributed by atoms with van der Waals surface area (Å²) in [4.78, 5) is 3.89. The Bertz CT molecular complexity index is 534. The number of nitrogen functional groups attached to an aromatic ring is 1. The monoisotopic (exact) mass is 252 g/mol. The zero-order valence-corrected chi connectivity index (χ0v) is 9.62. The van der Waals surface area contributed by atoms with Gasteiger partial charge in [0.1, 0.15) is 12.4 Å². The van der Waals surface area contributed by atoms with Gasteiger partial charge in [0.15, 0.2) is 11.6 Å². The molecule has 17 heavy (non-hydrogen) atoms. The summed E-state index contributed by atoms with van der Waals surface area (Å²) in [7, 11) is 0. The van der Waals surface area contributed by atoms with Gasteiger partial charge >= 0.3 is 0 Å². The minimum atomic E-state index is -0.375. The van der Waals surface area contributed by atoms with Crippen LogP contribution in [0.4, 0.5) is 10.2 Å². The number of nitrogens with two attached hydrogens (primary N) is 1. The molecule has 2 aromatic rings. The number of ether oxygens (including phenoxy) is 1. The van der Waals surface area contributed by atoms with E-state index in [1.807, 2.05) is 0 Å². The second kappa shape index (κ2) is 5.01. The fourth-order valence-corrected chi connectivity index (χ4v) is 1.54. The Morgan fingerprint density at radius 3 is 2.88 bits per heavy atom. The fourth-order valence-electron chi connectivity index (χ4n) is 1.32. The Morgan fingerprint density at radius 2 is 2.18 bits per heavy atom. The van der Waals surface area contributed by atoms with E-state index in [-0.39, 0.29) is 12.4 Å². The van der Waals surface area contributed by atoms with Crippen LogP contribution >= 0.6 is 11.6 Å². The van der Waals surface area contributed by atoms with Crippen LogP contribution in [0.1, 0.15) is 5.56 Å². The summed E-state index contributed by atoms with van der Waals surface area (Å²) in [6.07, 6.45) is 1.58. The van der Waals surface area contributed by atoms with E-state index in [0.717, 1.165) is 0 Å². The molecule has 0 spiro atoms. The normalized spacial score (nSPS) is 10.2. The van der Waals surface area contributed by atoms with Crippen molar-refractivity contribution in [2.24, 2.45) is 0 Å². The number of aromatic nitrogens is 1. The second-order valence-electron chi connectivity index (χ2n) is 3.41. The summed E-state index contributed by atoms with van der Waals surface area (Å²) >= 11 is 5.87. The van der Waals surface area contributed by atoms with E-state index >= 15 is 0 Å². The average molecular weight is 253 g/mol. The van der Waals surface area contributed by atoms with E-state index in [2.05, 4.69) is 4.98 Å². The van der Waals surface area contributed by atoms with Crippen molar-refractivity contribution in [3.05, 3.63) is 52.9 Å². The Morgan fingerprint density at radius 1 is 1.35 bits per heavy atom. The molecule has 0 radical (unpaired) electrons. The molecule has 0 aliphatic rings. The highest BCUT2D eigenvalue weighted by Crippen LogP contribution is 2.22. The van der Waals surface area contributed by atoms with Crippen molar-refractivity contribution in [2.45, 2.75) is 6.61 Å². The maximum Gasteiger partial charge on any atom is 0.166 e. The summed E-state index contributed by atoms with van der Waals surface area (Å²) in [5.74, 6) is 0.415. The molecule has 0 bridgehead atoms. The summed E-state index contributed by atoms with van der Waals surface area (Å²) in [6, 6.07) is 7.58. The molecule has 1 aromatic carbocycles. The molecule has 0 saturated carbocycles. The third kappa shape index (κ3) is 2.85. The topological polar surface area (TPSA) is 48.1 Å². The smallest absolute Gasteiger partial charge is 0.166 e. The highest BCUT2D eigenvalue weighted by molar-refractivity contribution is 6.31. The van der Waals surface area contributed by atoms with Crippen molar-refractivity contribution in [1.29, 1.82) is 0 Å². The number of halogens is 2. The maximum absolute atomic E-state index is 12.8. The minimum Gasteiger partial charge on any atom is -0.485 e. The lowest BCUT2D eigenvalue weighted by Gasteiger charge is -2.08. The SMILES string of the molecule is Nc1ncccc1OCc1ccc(F)cc1Cl. The third-order valence-corrected chi connectivity index (χ3v) is 2.55. The van der Waals surface area contributed by atoms with Gasteiger partial charge in [0.05, 0.1) is 5.02 Å². The standard InChI is InChI=1S/C12H10ClFN2O/c13-10-6-9(14)4-3-8(10)7-17-11-2-1-5-16-12(11)15/h1-6H,7H2,(H2,15,16). The van der Waals surface area contributed by atoms with Gasteiger partial charge in [0, 0.05) is 11.8 Å². The largest absolute Gasteiger partial charge is 0.485 e. The van der Waals surface area contributed by atoms with E-state index < -0.39 is 0 Å². The molecule has 3 nitrogen and oxygen atoms in total.